The highest BCUT2D eigenvalue weighted by Crippen LogP contribution is 2.42. The number of carbonyl (C=O) groups is 2. The Bertz CT molecular complexity index is 1040. The van der Waals surface area contributed by atoms with Gasteiger partial charge in [0.05, 0.1) is 24.8 Å². The van der Waals surface area contributed by atoms with Crippen LogP contribution in [0.15, 0.2) is 41.3 Å². The normalized spacial score (nSPS) is 23.0. The highest BCUT2D eigenvalue weighted by Gasteiger charge is 2.46. The molecule has 1 atom stereocenters. The summed E-state index contributed by atoms with van der Waals surface area (Å²) in [5.74, 6) is -0.357. The maximum absolute atomic E-state index is 13.1. The van der Waals surface area contributed by atoms with Crippen molar-refractivity contribution < 1.29 is 28.9 Å². The zero-order chi connectivity index (χ0) is 22.1. The number of thiophene rings is 1. The van der Waals surface area contributed by atoms with Crippen molar-refractivity contribution in [2.75, 3.05) is 52.6 Å². The minimum atomic E-state index is -0.669. The second kappa shape index (κ2) is 8.93. The quantitative estimate of drug-likeness (QED) is 0.420. The number of aliphatic hydroxyl groups is 1. The Labute approximate surface area is 189 Å². The van der Waals surface area contributed by atoms with Gasteiger partial charge < -0.3 is 24.2 Å². The molecule has 0 spiro atoms. The highest BCUT2D eigenvalue weighted by molar-refractivity contribution is 7.10. The fraction of sp³-hybridized carbons (Fsp3) is 0.391. The van der Waals surface area contributed by atoms with Crippen molar-refractivity contribution in [2.45, 2.75) is 6.04 Å². The van der Waals surface area contributed by atoms with Crippen LogP contribution >= 0.6 is 11.3 Å². The lowest BCUT2D eigenvalue weighted by Gasteiger charge is -2.30. The van der Waals surface area contributed by atoms with Crippen molar-refractivity contribution in [3.63, 3.8) is 0 Å². The van der Waals surface area contributed by atoms with Crippen LogP contribution in [-0.4, -0.2) is 79.2 Å². The smallest absolute Gasteiger partial charge is 0.295 e. The number of morpholine rings is 1. The molecule has 32 heavy (non-hydrogen) atoms. The number of hydrogen-bond acceptors (Lipinski definition) is 8. The van der Waals surface area contributed by atoms with Crippen molar-refractivity contribution in [3.05, 3.63) is 51.7 Å². The van der Waals surface area contributed by atoms with Crippen LogP contribution in [0, 0.1) is 0 Å². The molecule has 3 aliphatic rings. The van der Waals surface area contributed by atoms with E-state index >= 15 is 0 Å². The molecule has 0 bridgehead atoms. The zero-order valence-corrected chi connectivity index (χ0v) is 18.3. The van der Waals surface area contributed by atoms with Crippen molar-refractivity contribution in [3.8, 4) is 11.5 Å². The average molecular weight is 457 g/mol. The van der Waals surface area contributed by atoms with Crippen molar-refractivity contribution in [1.82, 2.24) is 9.80 Å². The summed E-state index contributed by atoms with van der Waals surface area (Å²) in [4.78, 5) is 30.7. The molecule has 9 heteroatoms. The number of carbonyl (C=O) groups excluding carboxylic acids is 2. The third kappa shape index (κ3) is 3.87. The highest BCUT2D eigenvalue weighted by atomic mass is 32.1. The number of ketones is 1. The molecule has 0 aliphatic carbocycles. The van der Waals surface area contributed by atoms with Crippen molar-refractivity contribution in [1.29, 1.82) is 0 Å². The lowest BCUT2D eigenvalue weighted by Crippen LogP contribution is -2.42. The standard InChI is InChI=1S/C23H24N2O6S/c26-21(15-3-4-16-17(14-15)31-12-11-30-16)19-20(18-2-1-13-32-18)25(23(28)22(19)27)6-5-24-7-9-29-10-8-24/h1-4,13-14,20,26H,5-12H2/t20-/m0/s1. The Kier molecular flexibility index (Phi) is 5.86. The van der Waals surface area contributed by atoms with E-state index in [-0.39, 0.29) is 11.3 Å². The Morgan fingerprint density at radius 2 is 1.81 bits per heavy atom. The molecular formula is C23H24N2O6S. The third-order valence-electron chi connectivity index (χ3n) is 5.93. The van der Waals surface area contributed by atoms with E-state index in [1.54, 1.807) is 23.1 Å². The third-order valence-corrected chi connectivity index (χ3v) is 6.85. The molecule has 3 aliphatic heterocycles. The van der Waals surface area contributed by atoms with Gasteiger partial charge in [0.2, 0.25) is 0 Å². The lowest BCUT2D eigenvalue weighted by molar-refractivity contribution is -0.140. The number of rotatable bonds is 5. The van der Waals surface area contributed by atoms with Gasteiger partial charge in [0.1, 0.15) is 19.0 Å². The summed E-state index contributed by atoms with van der Waals surface area (Å²) in [6.07, 6.45) is 0. The molecule has 2 saturated heterocycles. The summed E-state index contributed by atoms with van der Waals surface area (Å²) < 4.78 is 16.6. The Morgan fingerprint density at radius 1 is 1.03 bits per heavy atom. The van der Waals surface area contributed by atoms with Gasteiger partial charge in [-0.1, -0.05) is 6.07 Å². The van der Waals surface area contributed by atoms with E-state index in [0.29, 0.717) is 56.6 Å². The molecule has 1 amide bonds. The molecule has 0 saturated carbocycles. The minimum absolute atomic E-state index is 0.108. The van der Waals surface area contributed by atoms with Crippen LogP contribution in [0.2, 0.25) is 0 Å². The molecule has 1 N–H and O–H groups in total. The number of amides is 1. The predicted molar refractivity (Wildman–Crippen MR) is 118 cm³/mol. The van der Waals surface area contributed by atoms with Crippen molar-refractivity contribution >= 4 is 28.8 Å². The molecule has 0 unspecified atom stereocenters. The number of likely N-dealkylation sites (tertiary alicyclic amines) is 1. The van der Waals surface area contributed by atoms with Gasteiger partial charge in [0, 0.05) is 36.6 Å². The largest absolute Gasteiger partial charge is 0.507 e. The summed E-state index contributed by atoms with van der Waals surface area (Å²) in [5, 5.41) is 13.1. The predicted octanol–water partition coefficient (Wildman–Crippen LogP) is 2.27. The van der Waals surface area contributed by atoms with Gasteiger partial charge in [-0.25, -0.2) is 0 Å². The summed E-state index contributed by atoms with van der Waals surface area (Å²) >= 11 is 1.46. The van der Waals surface area contributed by atoms with Crippen molar-refractivity contribution in [2.24, 2.45) is 0 Å². The molecule has 5 rings (SSSR count). The number of ether oxygens (including phenoxy) is 3. The van der Waals surface area contributed by atoms with Gasteiger partial charge in [-0.05, 0) is 29.6 Å². The maximum Gasteiger partial charge on any atom is 0.295 e. The van der Waals surface area contributed by atoms with E-state index in [9.17, 15) is 14.7 Å². The fourth-order valence-corrected chi connectivity index (χ4v) is 5.12. The van der Waals surface area contributed by atoms with E-state index in [1.165, 1.54) is 11.3 Å². The summed E-state index contributed by atoms with van der Waals surface area (Å²) in [7, 11) is 0. The van der Waals surface area contributed by atoms with Crippen LogP contribution in [0.3, 0.4) is 0 Å². The van der Waals surface area contributed by atoms with Crippen LogP contribution in [0.25, 0.3) is 5.76 Å². The van der Waals surface area contributed by atoms with Crippen LogP contribution < -0.4 is 9.47 Å². The van der Waals surface area contributed by atoms with Crippen LogP contribution in [0.4, 0.5) is 0 Å². The zero-order valence-electron chi connectivity index (χ0n) is 17.5. The first-order valence-electron chi connectivity index (χ1n) is 10.7. The summed E-state index contributed by atoms with van der Waals surface area (Å²) in [6.45, 7) is 4.83. The maximum atomic E-state index is 13.1. The first-order valence-corrected chi connectivity index (χ1v) is 11.5. The topological polar surface area (TPSA) is 88.5 Å². The van der Waals surface area contributed by atoms with E-state index in [0.717, 1.165) is 18.0 Å². The van der Waals surface area contributed by atoms with Gasteiger partial charge in [0.25, 0.3) is 11.7 Å². The Hall–Kier alpha value is -2.88. The van der Waals surface area contributed by atoms with E-state index in [2.05, 4.69) is 4.90 Å². The molecule has 168 valence electrons. The van der Waals surface area contributed by atoms with E-state index in [4.69, 9.17) is 14.2 Å². The van der Waals surface area contributed by atoms with Gasteiger partial charge in [-0.15, -0.1) is 11.3 Å². The van der Waals surface area contributed by atoms with Crippen LogP contribution in [0.5, 0.6) is 11.5 Å². The monoisotopic (exact) mass is 456 g/mol. The number of fused-ring (bicyclic) bond motifs is 1. The number of hydrogen-bond donors (Lipinski definition) is 1. The molecule has 4 heterocycles. The van der Waals surface area contributed by atoms with E-state index in [1.807, 2.05) is 17.5 Å². The minimum Gasteiger partial charge on any atom is -0.507 e. The SMILES string of the molecule is O=C1C(=O)N(CCN2CCOCC2)[C@@H](c2cccs2)C1=C(O)c1ccc2c(c1)OCCO2. The van der Waals surface area contributed by atoms with Gasteiger partial charge in [-0.3, -0.25) is 14.5 Å². The van der Waals surface area contributed by atoms with E-state index < -0.39 is 17.7 Å². The second-order valence-electron chi connectivity index (χ2n) is 7.82. The summed E-state index contributed by atoms with van der Waals surface area (Å²) in [6, 6.07) is 8.18. The number of benzene rings is 1. The van der Waals surface area contributed by atoms with Gasteiger partial charge >= 0.3 is 0 Å². The second-order valence-corrected chi connectivity index (χ2v) is 8.80. The van der Waals surface area contributed by atoms with Gasteiger partial charge in [0.15, 0.2) is 11.5 Å². The molecule has 8 nitrogen and oxygen atoms in total. The first-order chi connectivity index (χ1) is 15.6. The number of Topliss-reactive ketones (excluding diaryl/α,β-unsaturated/α-hetero) is 1. The van der Waals surface area contributed by atoms with Crippen LogP contribution in [-0.2, 0) is 14.3 Å². The molecular weight excluding hydrogens is 432 g/mol. The number of nitrogens with zero attached hydrogens (tertiary/aromatic N) is 2. The Balaban J connectivity index is 1.50. The molecule has 0 radical (unpaired) electrons. The molecule has 2 fully saturated rings. The van der Waals surface area contributed by atoms with Gasteiger partial charge in [-0.2, -0.15) is 0 Å². The summed E-state index contributed by atoms with van der Waals surface area (Å²) in [5.41, 5.74) is 0.526. The molecule has 2 aromatic rings. The van der Waals surface area contributed by atoms with Crippen LogP contribution in [0.1, 0.15) is 16.5 Å². The lowest BCUT2D eigenvalue weighted by atomic mass is 9.99. The molecule has 1 aromatic heterocycles. The first kappa shape index (κ1) is 21.0. The fourth-order valence-electron chi connectivity index (χ4n) is 4.27. The Morgan fingerprint density at radius 3 is 2.56 bits per heavy atom. The average Bonchev–Trinajstić information content (AvgIpc) is 3.45. The number of aliphatic hydroxyl groups excluding tert-OH is 1. The molecule has 1 aromatic carbocycles.